The summed E-state index contributed by atoms with van der Waals surface area (Å²) in [6.07, 6.45) is 8.61. The molecule has 0 aromatic heterocycles. The molecule has 1 heteroatoms. The third-order valence-corrected chi connectivity index (χ3v) is 2.45. The van der Waals surface area contributed by atoms with Gasteiger partial charge in [0.1, 0.15) is 0 Å². The van der Waals surface area contributed by atoms with Crippen molar-refractivity contribution < 1.29 is 0 Å². The van der Waals surface area contributed by atoms with E-state index in [0.717, 1.165) is 19.6 Å². The Labute approximate surface area is 99.1 Å². The van der Waals surface area contributed by atoms with Crippen molar-refractivity contribution in [2.24, 2.45) is 0 Å². The Bertz CT molecular complexity index is 311. The van der Waals surface area contributed by atoms with Gasteiger partial charge in [-0.3, -0.25) is 4.90 Å². The van der Waals surface area contributed by atoms with Crippen LogP contribution in [0.4, 0.5) is 0 Å². The second kappa shape index (κ2) is 7.89. The Hall–Kier alpha value is -1.34. The molecule has 0 N–H and O–H groups in total. The summed E-state index contributed by atoms with van der Waals surface area (Å²) in [6, 6.07) is 10.6. The number of allylic oxidation sites excluding steroid dienone is 2. The van der Waals surface area contributed by atoms with Gasteiger partial charge in [-0.2, -0.15) is 0 Å². The molecule has 0 aliphatic carbocycles. The van der Waals surface area contributed by atoms with Crippen LogP contribution in [0.3, 0.4) is 0 Å². The minimum atomic E-state index is 1.01. The van der Waals surface area contributed by atoms with Gasteiger partial charge in [0.25, 0.3) is 0 Å². The topological polar surface area (TPSA) is 3.24 Å². The van der Waals surface area contributed by atoms with Crippen molar-refractivity contribution in [1.29, 1.82) is 0 Å². The average Bonchev–Trinajstić information content (AvgIpc) is 2.34. The largest absolute Gasteiger partial charge is 0.292 e. The van der Waals surface area contributed by atoms with Crippen LogP contribution < -0.4 is 0 Å². The summed E-state index contributed by atoms with van der Waals surface area (Å²) in [5.41, 5.74) is 1.37. The molecule has 0 aliphatic rings. The van der Waals surface area contributed by atoms with Crippen LogP contribution in [0.5, 0.6) is 0 Å². The molecule has 0 spiro atoms. The lowest BCUT2D eigenvalue weighted by Gasteiger charge is -2.18. The van der Waals surface area contributed by atoms with Crippen LogP contribution in [0.15, 0.2) is 54.6 Å². The maximum Gasteiger partial charge on any atom is 0.0240 e. The molecule has 1 rings (SSSR count). The first kappa shape index (κ1) is 12.7. The quantitative estimate of drug-likeness (QED) is 0.655. The molecule has 0 amide bonds. The van der Waals surface area contributed by atoms with Crippen LogP contribution in [0.25, 0.3) is 0 Å². The van der Waals surface area contributed by atoms with E-state index < -0.39 is 0 Å². The highest BCUT2D eigenvalue weighted by Gasteiger charge is 2.01. The zero-order chi connectivity index (χ0) is 11.6. The molecule has 16 heavy (non-hydrogen) atoms. The predicted octanol–water partition coefficient (Wildman–Crippen LogP) is 3.64. The molecule has 0 heterocycles. The third-order valence-electron chi connectivity index (χ3n) is 2.45. The second-order valence-corrected chi connectivity index (χ2v) is 3.82. The van der Waals surface area contributed by atoms with Crippen molar-refractivity contribution in [2.45, 2.75) is 20.4 Å². The van der Waals surface area contributed by atoms with Crippen LogP contribution in [-0.2, 0) is 6.54 Å². The van der Waals surface area contributed by atoms with Crippen molar-refractivity contribution in [3.8, 4) is 0 Å². The van der Waals surface area contributed by atoms with Gasteiger partial charge in [0.05, 0.1) is 0 Å². The Morgan fingerprint density at radius 2 is 1.50 bits per heavy atom. The molecule has 0 atom stereocenters. The summed E-state index contributed by atoms with van der Waals surface area (Å²) in [6.45, 7) is 7.16. The van der Waals surface area contributed by atoms with Crippen molar-refractivity contribution in [3.63, 3.8) is 0 Å². The normalized spacial score (nSPS) is 11.9. The van der Waals surface area contributed by atoms with E-state index >= 15 is 0 Å². The van der Waals surface area contributed by atoms with E-state index in [0.29, 0.717) is 0 Å². The summed E-state index contributed by atoms with van der Waals surface area (Å²) in [5, 5.41) is 0. The summed E-state index contributed by atoms with van der Waals surface area (Å²) in [4.78, 5) is 2.41. The lowest BCUT2D eigenvalue weighted by molar-refractivity contribution is 0.327. The van der Waals surface area contributed by atoms with Gasteiger partial charge in [0.15, 0.2) is 0 Å². The molecule has 1 aromatic carbocycles. The molecule has 0 unspecified atom stereocenters. The van der Waals surface area contributed by atoms with E-state index in [2.05, 4.69) is 73.4 Å². The summed E-state index contributed by atoms with van der Waals surface area (Å²) < 4.78 is 0. The monoisotopic (exact) mass is 215 g/mol. The summed E-state index contributed by atoms with van der Waals surface area (Å²) >= 11 is 0. The fourth-order valence-electron chi connectivity index (χ4n) is 1.55. The SMILES string of the molecule is C/C=C/CN(C/C=C/C)Cc1ccccc1. The van der Waals surface area contributed by atoms with E-state index in [1.165, 1.54) is 5.56 Å². The Morgan fingerprint density at radius 3 is 2.00 bits per heavy atom. The zero-order valence-corrected chi connectivity index (χ0v) is 10.3. The molecule has 1 nitrogen and oxygen atoms in total. The van der Waals surface area contributed by atoms with Gasteiger partial charge in [-0.15, -0.1) is 0 Å². The second-order valence-electron chi connectivity index (χ2n) is 3.82. The van der Waals surface area contributed by atoms with Gasteiger partial charge in [0, 0.05) is 19.6 Å². The van der Waals surface area contributed by atoms with Crippen LogP contribution in [0.2, 0.25) is 0 Å². The maximum atomic E-state index is 2.41. The Kier molecular flexibility index (Phi) is 6.28. The number of hydrogen-bond acceptors (Lipinski definition) is 1. The summed E-state index contributed by atoms with van der Waals surface area (Å²) in [7, 11) is 0. The molecule has 1 aromatic rings. The number of benzene rings is 1. The van der Waals surface area contributed by atoms with Crippen molar-refractivity contribution in [3.05, 3.63) is 60.2 Å². The highest BCUT2D eigenvalue weighted by molar-refractivity contribution is 5.14. The van der Waals surface area contributed by atoms with Gasteiger partial charge in [-0.05, 0) is 19.4 Å². The van der Waals surface area contributed by atoms with E-state index in [-0.39, 0.29) is 0 Å². The van der Waals surface area contributed by atoms with Crippen LogP contribution >= 0.6 is 0 Å². The molecular weight excluding hydrogens is 194 g/mol. The highest BCUT2D eigenvalue weighted by atomic mass is 15.1. The van der Waals surface area contributed by atoms with Crippen LogP contribution in [0, 0.1) is 0 Å². The Balaban J connectivity index is 2.55. The van der Waals surface area contributed by atoms with Crippen molar-refractivity contribution in [1.82, 2.24) is 4.90 Å². The fraction of sp³-hybridized carbons (Fsp3) is 0.333. The standard InChI is InChI=1S/C15H21N/c1-3-5-12-16(13-6-4-2)14-15-10-8-7-9-11-15/h3-11H,12-14H2,1-2H3/b5-3+,6-4+. The number of hydrogen-bond donors (Lipinski definition) is 0. The minimum Gasteiger partial charge on any atom is -0.292 e. The van der Waals surface area contributed by atoms with Gasteiger partial charge in [0.2, 0.25) is 0 Å². The highest BCUT2D eigenvalue weighted by Crippen LogP contribution is 2.04. The first-order chi connectivity index (χ1) is 7.86. The van der Waals surface area contributed by atoms with Crippen molar-refractivity contribution in [2.75, 3.05) is 13.1 Å². The molecule has 0 radical (unpaired) electrons. The third kappa shape index (κ3) is 4.94. The van der Waals surface area contributed by atoms with Gasteiger partial charge >= 0.3 is 0 Å². The maximum absolute atomic E-state index is 2.41. The lowest BCUT2D eigenvalue weighted by atomic mass is 10.2. The van der Waals surface area contributed by atoms with E-state index in [9.17, 15) is 0 Å². The molecule has 0 bridgehead atoms. The van der Waals surface area contributed by atoms with Crippen LogP contribution in [-0.4, -0.2) is 18.0 Å². The average molecular weight is 215 g/mol. The minimum absolute atomic E-state index is 1.01. The van der Waals surface area contributed by atoms with E-state index in [4.69, 9.17) is 0 Å². The zero-order valence-electron chi connectivity index (χ0n) is 10.3. The molecule has 0 aliphatic heterocycles. The molecular formula is C15H21N. The van der Waals surface area contributed by atoms with Gasteiger partial charge < -0.3 is 0 Å². The smallest absolute Gasteiger partial charge is 0.0240 e. The lowest BCUT2D eigenvalue weighted by Crippen LogP contribution is -2.23. The fourth-order valence-corrected chi connectivity index (χ4v) is 1.55. The molecule has 0 fully saturated rings. The summed E-state index contributed by atoms with van der Waals surface area (Å²) in [5.74, 6) is 0. The van der Waals surface area contributed by atoms with E-state index in [1.807, 2.05) is 0 Å². The molecule has 0 saturated heterocycles. The van der Waals surface area contributed by atoms with Gasteiger partial charge in [-0.25, -0.2) is 0 Å². The first-order valence-corrected chi connectivity index (χ1v) is 5.85. The van der Waals surface area contributed by atoms with Crippen molar-refractivity contribution >= 4 is 0 Å². The molecule has 86 valence electrons. The number of rotatable bonds is 6. The van der Waals surface area contributed by atoms with E-state index in [1.54, 1.807) is 0 Å². The Morgan fingerprint density at radius 1 is 0.938 bits per heavy atom. The van der Waals surface area contributed by atoms with Crippen LogP contribution in [0.1, 0.15) is 19.4 Å². The predicted molar refractivity (Wildman–Crippen MR) is 71.3 cm³/mol. The number of nitrogens with zero attached hydrogens (tertiary/aromatic N) is 1. The molecule has 0 saturated carbocycles. The first-order valence-electron chi connectivity index (χ1n) is 5.85. The van der Waals surface area contributed by atoms with Gasteiger partial charge in [-0.1, -0.05) is 54.6 Å².